The van der Waals surface area contributed by atoms with Crippen molar-refractivity contribution >= 4 is 0 Å². The van der Waals surface area contributed by atoms with E-state index in [1.807, 2.05) is 0 Å². The van der Waals surface area contributed by atoms with Gasteiger partial charge in [0.25, 0.3) is 0 Å². The van der Waals surface area contributed by atoms with E-state index in [0.29, 0.717) is 6.10 Å². The van der Waals surface area contributed by atoms with Crippen LogP contribution in [-0.4, -0.2) is 32.3 Å². The van der Waals surface area contributed by atoms with Gasteiger partial charge in [-0.3, -0.25) is 0 Å². The Hall–Kier alpha value is -0.900. The lowest BCUT2D eigenvalue weighted by Gasteiger charge is -2.23. The Kier molecular flexibility index (Phi) is 5.83. The Labute approximate surface area is 116 Å². The molecule has 1 fully saturated rings. The molecular weight excluding hydrogens is 236 g/mol. The van der Waals surface area contributed by atoms with Gasteiger partial charge in [-0.1, -0.05) is 38.1 Å². The van der Waals surface area contributed by atoms with Crippen molar-refractivity contribution in [2.75, 3.05) is 26.2 Å². The summed E-state index contributed by atoms with van der Waals surface area (Å²) in [6.45, 7) is 9.12. The number of benzene rings is 1. The summed E-state index contributed by atoms with van der Waals surface area (Å²) in [5.74, 6) is 0.722. The lowest BCUT2D eigenvalue weighted by Crippen LogP contribution is -2.43. The third kappa shape index (κ3) is 5.31. The molecule has 0 saturated carbocycles. The SMILES string of the molecule is CC(C)Cc1ccc(CNCC2CNCCO2)cc1. The molecule has 1 saturated heterocycles. The Bertz CT molecular complexity index is 356. The first-order valence-corrected chi connectivity index (χ1v) is 7.35. The summed E-state index contributed by atoms with van der Waals surface area (Å²) in [6, 6.07) is 8.95. The fourth-order valence-electron chi connectivity index (χ4n) is 2.39. The van der Waals surface area contributed by atoms with Crippen molar-refractivity contribution in [2.45, 2.75) is 32.9 Å². The van der Waals surface area contributed by atoms with Gasteiger partial charge in [-0.2, -0.15) is 0 Å². The molecule has 1 aromatic carbocycles. The number of hydrogen-bond donors (Lipinski definition) is 2. The van der Waals surface area contributed by atoms with E-state index in [4.69, 9.17) is 4.74 Å². The first-order valence-electron chi connectivity index (χ1n) is 7.35. The molecule has 106 valence electrons. The summed E-state index contributed by atoms with van der Waals surface area (Å²) in [4.78, 5) is 0. The lowest BCUT2D eigenvalue weighted by molar-refractivity contribution is 0.0290. The van der Waals surface area contributed by atoms with Crippen molar-refractivity contribution in [3.05, 3.63) is 35.4 Å². The molecule has 1 aromatic rings. The molecular formula is C16H26N2O. The molecule has 2 N–H and O–H groups in total. The number of ether oxygens (including phenoxy) is 1. The summed E-state index contributed by atoms with van der Waals surface area (Å²) in [7, 11) is 0. The molecule has 0 aromatic heterocycles. The van der Waals surface area contributed by atoms with Crippen molar-refractivity contribution in [3.63, 3.8) is 0 Å². The smallest absolute Gasteiger partial charge is 0.0824 e. The fraction of sp³-hybridized carbons (Fsp3) is 0.625. The van der Waals surface area contributed by atoms with Crippen molar-refractivity contribution in [2.24, 2.45) is 5.92 Å². The van der Waals surface area contributed by atoms with Crippen molar-refractivity contribution in [1.29, 1.82) is 0 Å². The molecule has 0 aliphatic carbocycles. The number of hydrogen-bond acceptors (Lipinski definition) is 3. The third-order valence-electron chi connectivity index (χ3n) is 3.37. The maximum atomic E-state index is 5.65. The second-order valence-corrected chi connectivity index (χ2v) is 5.74. The lowest BCUT2D eigenvalue weighted by atomic mass is 10.0. The summed E-state index contributed by atoms with van der Waals surface area (Å²) >= 11 is 0. The second-order valence-electron chi connectivity index (χ2n) is 5.74. The third-order valence-corrected chi connectivity index (χ3v) is 3.37. The van der Waals surface area contributed by atoms with Crippen LogP contribution >= 0.6 is 0 Å². The molecule has 0 spiro atoms. The molecule has 2 rings (SSSR count). The Morgan fingerprint density at radius 2 is 2.00 bits per heavy atom. The Balaban J connectivity index is 1.70. The fourth-order valence-corrected chi connectivity index (χ4v) is 2.39. The number of rotatable bonds is 6. The first-order chi connectivity index (χ1) is 9.24. The van der Waals surface area contributed by atoms with Crippen LogP contribution in [0.5, 0.6) is 0 Å². The largest absolute Gasteiger partial charge is 0.374 e. The van der Waals surface area contributed by atoms with E-state index in [9.17, 15) is 0 Å². The van der Waals surface area contributed by atoms with E-state index in [-0.39, 0.29) is 0 Å². The van der Waals surface area contributed by atoms with Gasteiger partial charge in [0.15, 0.2) is 0 Å². The first kappa shape index (κ1) is 14.5. The molecule has 1 heterocycles. The Morgan fingerprint density at radius 3 is 2.63 bits per heavy atom. The van der Waals surface area contributed by atoms with Gasteiger partial charge >= 0.3 is 0 Å². The predicted octanol–water partition coefficient (Wildman–Crippen LogP) is 1.96. The van der Waals surface area contributed by atoms with Crippen LogP contribution in [0.15, 0.2) is 24.3 Å². The van der Waals surface area contributed by atoms with E-state index in [2.05, 4.69) is 48.7 Å². The average Bonchev–Trinajstić information content (AvgIpc) is 2.41. The molecule has 0 radical (unpaired) electrons. The zero-order chi connectivity index (χ0) is 13.5. The van der Waals surface area contributed by atoms with Crippen molar-refractivity contribution in [3.8, 4) is 0 Å². The molecule has 3 nitrogen and oxygen atoms in total. The molecule has 3 heteroatoms. The minimum Gasteiger partial charge on any atom is -0.374 e. The van der Waals surface area contributed by atoms with Crippen LogP contribution in [0.25, 0.3) is 0 Å². The summed E-state index contributed by atoms with van der Waals surface area (Å²) < 4.78 is 5.65. The topological polar surface area (TPSA) is 33.3 Å². The van der Waals surface area contributed by atoms with Gasteiger partial charge in [0.05, 0.1) is 12.7 Å². The average molecular weight is 262 g/mol. The van der Waals surface area contributed by atoms with Crippen LogP contribution in [0.1, 0.15) is 25.0 Å². The van der Waals surface area contributed by atoms with Crippen molar-refractivity contribution in [1.82, 2.24) is 10.6 Å². The summed E-state index contributed by atoms with van der Waals surface area (Å²) in [6.07, 6.45) is 1.48. The van der Waals surface area contributed by atoms with Gasteiger partial charge < -0.3 is 15.4 Å². The highest BCUT2D eigenvalue weighted by Gasteiger charge is 2.12. The summed E-state index contributed by atoms with van der Waals surface area (Å²) in [5.41, 5.74) is 2.77. The highest BCUT2D eigenvalue weighted by atomic mass is 16.5. The quantitative estimate of drug-likeness (QED) is 0.822. The van der Waals surface area contributed by atoms with E-state index >= 15 is 0 Å². The molecule has 1 aliphatic rings. The van der Waals surface area contributed by atoms with Gasteiger partial charge in [0.1, 0.15) is 0 Å². The van der Waals surface area contributed by atoms with Gasteiger partial charge in [-0.05, 0) is 23.5 Å². The van der Waals surface area contributed by atoms with E-state index < -0.39 is 0 Å². The zero-order valence-corrected chi connectivity index (χ0v) is 12.1. The maximum Gasteiger partial charge on any atom is 0.0824 e. The highest BCUT2D eigenvalue weighted by molar-refractivity contribution is 5.22. The van der Waals surface area contributed by atoms with Crippen LogP contribution in [0.2, 0.25) is 0 Å². The molecule has 19 heavy (non-hydrogen) atoms. The van der Waals surface area contributed by atoms with E-state index in [1.165, 1.54) is 11.1 Å². The Morgan fingerprint density at radius 1 is 1.26 bits per heavy atom. The molecule has 0 bridgehead atoms. The van der Waals surface area contributed by atoms with Crippen molar-refractivity contribution < 1.29 is 4.74 Å². The minimum atomic E-state index is 0.314. The van der Waals surface area contributed by atoms with Gasteiger partial charge in [-0.25, -0.2) is 0 Å². The highest BCUT2D eigenvalue weighted by Crippen LogP contribution is 2.09. The van der Waals surface area contributed by atoms with Crippen LogP contribution < -0.4 is 10.6 Å². The van der Waals surface area contributed by atoms with Crippen LogP contribution in [0.3, 0.4) is 0 Å². The standard InChI is InChI=1S/C16H26N2O/c1-13(2)9-14-3-5-15(6-4-14)10-18-12-16-11-17-7-8-19-16/h3-6,13,16-18H,7-12H2,1-2H3. The van der Waals surface area contributed by atoms with Crippen LogP contribution in [0, 0.1) is 5.92 Å². The molecule has 1 aliphatic heterocycles. The minimum absolute atomic E-state index is 0.314. The number of morpholine rings is 1. The van der Waals surface area contributed by atoms with Gasteiger partial charge in [-0.15, -0.1) is 0 Å². The number of nitrogens with one attached hydrogen (secondary N) is 2. The summed E-state index contributed by atoms with van der Waals surface area (Å²) in [5, 5.41) is 6.81. The molecule has 1 unspecified atom stereocenters. The maximum absolute atomic E-state index is 5.65. The predicted molar refractivity (Wildman–Crippen MR) is 79.3 cm³/mol. The van der Waals surface area contributed by atoms with Crippen LogP contribution in [0.4, 0.5) is 0 Å². The second kappa shape index (κ2) is 7.63. The van der Waals surface area contributed by atoms with E-state index in [0.717, 1.165) is 45.1 Å². The van der Waals surface area contributed by atoms with Gasteiger partial charge in [0.2, 0.25) is 0 Å². The van der Waals surface area contributed by atoms with Gasteiger partial charge in [0, 0.05) is 26.2 Å². The molecule has 1 atom stereocenters. The monoisotopic (exact) mass is 262 g/mol. The molecule has 0 amide bonds. The zero-order valence-electron chi connectivity index (χ0n) is 12.1. The van der Waals surface area contributed by atoms with Crippen LogP contribution in [-0.2, 0) is 17.7 Å². The van der Waals surface area contributed by atoms with E-state index in [1.54, 1.807) is 0 Å². The normalized spacial score (nSPS) is 19.8.